The van der Waals surface area contributed by atoms with Crippen molar-refractivity contribution in [3.05, 3.63) is 47.7 Å². The van der Waals surface area contributed by atoms with Crippen LogP contribution in [-0.2, 0) is 10.3 Å². The highest BCUT2D eigenvalue weighted by molar-refractivity contribution is 5.75. The van der Waals surface area contributed by atoms with Crippen molar-refractivity contribution in [2.24, 2.45) is 10.7 Å². The number of hydrogen-bond acceptors (Lipinski definition) is 6. The van der Waals surface area contributed by atoms with Gasteiger partial charge in [-0.2, -0.15) is 5.26 Å². The number of nitrogens with zero attached hydrogens (tertiary/aromatic N) is 3. The third-order valence-corrected chi connectivity index (χ3v) is 5.19. The van der Waals surface area contributed by atoms with E-state index < -0.39 is 5.54 Å². The van der Waals surface area contributed by atoms with Gasteiger partial charge in [-0.1, -0.05) is 19.8 Å². The number of fused-ring (bicyclic) bond motifs is 2. The first-order valence-corrected chi connectivity index (χ1v) is 9.29. The van der Waals surface area contributed by atoms with E-state index in [9.17, 15) is 0 Å². The minimum absolute atomic E-state index is 0.0987. The van der Waals surface area contributed by atoms with Crippen LogP contribution in [0.1, 0.15) is 43.7 Å². The fourth-order valence-electron chi connectivity index (χ4n) is 3.83. The Morgan fingerprint density at radius 2 is 2.22 bits per heavy atom. The highest BCUT2D eigenvalue weighted by Crippen LogP contribution is 2.46. The van der Waals surface area contributed by atoms with E-state index in [1.54, 1.807) is 18.3 Å². The number of nitriles is 1. The fraction of sp³-hybridized carbons (Fsp3) is 0.381. The number of amidine groups is 1. The van der Waals surface area contributed by atoms with Crippen LogP contribution in [0, 0.1) is 11.3 Å². The molecule has 138 valence electrons. The van der Waals surface area contributed by atoms with E-state index in [1.165, 1.54) is 0 Å². The summed E-state index contributed by atoms with van der Waals surface area (Å²) in [4.78, 5) is 9.08. The molecule has 2 N–H and O–H groups in total. The molecule has 2 aromatic rings. The van der Waals surface area contributed by atoms with E-state index >= 15 is 0 Å². The molecule has 0 amide bonds. The second kappa shape index (κ2) is 6.92. The lowest BCUT2D eigenvalue weighted by Crippen LogP contribution is -2.38. The van der Waals surface area contributed by atoms with Crippen molar-refractivity contribution in [2.75, 3.05) is 6.61 Å². The van der Waals surface area contributed by atoms with E-state index in [1.807, 2.05) is 18.2 Å². The maximum absolute atomic E-state index is 9.15. The van der Waals surface area contributed by atoms with Gasteiger partial charge in [0.15, 0.2) is 0 Å². The molecule has 2 aliphatic rings. The van der Waals surface area contributed by atoms with Gasteiger partial charge in [0.1, 0.15) is 24.0 Å². The van der Waals surface area contributed by atoms with Crippen LogP contribution in [0.3, 0.4) is 0 Å². The summed E-state index contributed by atoms with van der Waals surface area (Å²) in [6.45, 7) is 2.60. The summed E-state index contributed by atoms with van der Waals surface area (Å²) in [5.41, 5.74) is 8.57. The fourth-order valence-corrected chi connectivity index (χ4v) is 3.83. The topological polar surface area (TPSA) is 93.5 Å². The lowest BCUT2D eigenvalue weighted by molar-refractivity contribution is 0.0988. The van der Waals surface area contributed by atoms with E-state index in [2.05, 4.69) is 23.0 Å². The van der Waals surface area contributed by atoms with Gasteiger partial charge in [-0.15, -0.1) is 0 Å². The van der Waals surface area contributed by atoms with Crippen LogP contribution in [0.4, 0.5) is 0 Å². The minimum Gasteiger partial charge on any atom is -0.490 e. The van der Waals surface area contributed by atoms with Crippen molar-refractivity contribution in [1.29, 1.82) is 5.26 Å². The van der Waals surface area contributed by atoms with Gasteiger partial charge in [0.05, 0.1) is 17.3 Å². The van der Waals surface area contributed by atoms with Gasteiger partial charge >= 0.3 is 0 Å². The molecule has 0 radical (unpaired) electrons. The van der Waals surface area contributed by atoms with E-state index in [4.69, 9.17) is 20.5 Å². The molecule has 2 aliphatic heterocycles. The molecule has 1 spiro atoms. The zero-order valence-electron chi connectivity index (χ0n) is 15.3. The van der Waals surface area contributed by atoms with Gasteiger partial charge in [-0.25, -0.2) is 4.99 Å². The molecule has 0 aliphatic carbocycles. The van der Waals surface area contributed by atoms with Crippen LogP contribution in [0.15, 0.2) is 41.5 Å². The summed E-state index contributed by atoms with van der Waals surface area (Å²) < 4.78 is 11.8. The predicted octanol–water partition coefficient (Wildman–Crippen LogP) is 3.50. The molecule has 27 heavy (non-hydrogen) atoms. The number of pyridine rings is 1. The standard InChI is InChI=1S/C21H22N4O2/c1-2-3-4-16-11-21(13-26-20(23)25-21)17-10-15(5-6-19(17)27-16)18-9-14(12-22)7-8-24-18/h5-10,16H,2-4,11,13H2,1H3,(H2,23,25)/t16-,21?/m0/s1. The van der Waals surface area contributed by atoms with Gasteiger partial charge < -0.3 is 15.2 Å². The largest absolute Gasteiger partial charge is 0.490 e. The third-order valence-electron chi connectivity index (χ3n) is 5.19. The summed E-state index contributed by atoms with van der Waals surface area (Å²) in [7, 11) is 0. The number of ether oxygens (including phenoxy) is 2. The second-order valence-electron chi connectivity index (χ2n) is 7.11. The maximum atomic E-state index is 9.15. The summed E-state index contributed by atoms with van der Waals surface area (Å²) >= 11 is 0. The number of rotatable bonds is 4. The van der Waals surface area contributed by atoms with E-state index in [0.29, 0.717) is 12.2 Å². The van der Waals surface area contributed by atoms with Crippen molar-refractivity contribution < 1.29 is 9.47 Å². The summed E-state index contributed by atoms with van der Waals surface area (Å²) in [5, 5.41) is 9.15. The SMILES string of the molecule is CCCC[C@H]1CC2(COC(N)=N2)c2cc(-c3cc(C#N)ccn3)ccc2O1. The number of aliphatic imine (C=N–C) groups is 1. The van der Waals surface area contributed by atoms with Crippen molar-refractivity contribution in [3.8, 4) is 23.1 Å². The van der Waals surface area contributed by atoms with Gasteiger partial charge in [0, 0.05) is 23.7 Å². The molecular weight excluding hydrogens is 340 g/mol. The quantitative estimate of drug-likeness (QED) is 0.898. The highest BCUT2D eigenvalue weighted by atomic mass is 16.5. The smallest absolute Gasteiger partial charge is 0.283 e. The van der Waals surface area contributed by atoms with Gasteiger partial charge in [0.25, 0.3) is 6.02 Å². The third kappa shape index (κ3) is 3.21. The van der Waals surface area contributed by atoms with Crippen molar-refractivity contribution >= 4 is 6.02 Å². The highest BCUT2D eigenvalue weighted by Gasteiger charge is 2.46. The first-order chi connectivity index (χ1) is 13.1. The molecule has 0 fully saturated rings. The zero-order chi connectivity index (χ0) is 18.9. The lowest BCUT2D eigenvalue weighted by Gasteiger charge is -2.37. The van der Waals surface area contributed by atoms with Crippen molar-refractivity contribution in [2.45, 2.75) is 44.2 Å². The minimum atomic E-state index is -0.515. The Bertz CT molecular complexity index is 934. The molecule has 1 aromatic carbocycles. The number of hydrogen-bond donors (Lipinski definition) is 1. The number of benzene rings is 1. The van der Waals surface area contributed by atoms with Gasteiger partial charge in [-0.3, -0.25) is 4.98 Å². The summed E-state index contributed by atoms with van der Waals surface area (Å²) in [6.07, 6.45) is 5.72. The molecule has 0 saturated heterocycles. The van der Waals surface area contributed by atoms with Crippen molar-refractivity contribution in [1.82, 2.24) is 4.98 Å². The molecule has 0 saturated carbocycles. The van der Waals surface area contributed by atoms with Gasteiger partial charge in [0.2, 0.25) is 0 Å². The first-order valence-electron chi connectivity index (χ1n) is 9.29. The number of nitrogens with two attached hydrogens (primary N) is 1. The Balaban J connectivity index is 1.76. The lowest BCUT2D eigenvalue weighted by atomic mass is 9.81. The molecule has 1 unspecified atom stereocenters. The normalized spacial score (nSPS) is 23.1. The zero-order valence-corrected chi connectivity index (χ0v) is 15.3. The van der Waals surface area contributed by atoms with Crippen LogP contribution in [0.25, 0.3) is 11.3 Å². The second-order valence-corrected chi connectivity index (χ2v) is 7.11. The van der Waals surface area contributed by atoms with E-state index in [0.717, 1.165) is 48.3 Å². The Kier molecular flexibility index (Phi) is 4.44. The molecule has 3 heterocycles. The van der Waals surface area contributed by atoms with E-state index in [-0.39, 0.29) is 12.1 Å². The maximum Gasteiger partial charge on any atom is 0.283 e. The first kappa shape index (κ1) is 17.3. The monoisotopic (exact) mass is 362 g/mol. The molecule has 0 bridgehead atoms. The average Bonchev–Trinajstić information content (AvgIpc) is 3.07. The Morgan fingerprint density at radius 1 is 1.33 bits per heavy atom. The number of aromatic nitrogens is 1. The van der Waals surface area contributed by atoms with Crippen LogP contribution in [-0.4, -0.2) is 23.7 Å². The molecule has 6 heteroatoms. The van der Waals surface area contributed by atoms with Crippen LogP contribution in [0.2, 0.25) is 0 Å². The van der Waals surface area contributed by atoms with Gasteiger partial charge in [-0.05, 0) is 36.8 Å². The molecule has 4 rings (SSSR count). The summed E-state index contributed by atoms with van der Waals surface area (Å²) in [6, 6.07) is 11.8. The summed E-state index contributed by atoms with van der Waals surface area (Å²) in [5.74, 6) is 0.824. The van der Waals surface area contributed by atoms with Crippen LogP contribution < -0.4 is 10.5 Å². The molecule has 6 nitrogen and oxygen atoms in total. The average molecular weight is 362 g/mol. The Hall–Kier alpha value is -3.07. The predicted molar refractivity (Wildman–Crippen MR) is 102 cm³/mol. The number of unbranched alkanes of at least 4 members (excludes halogenated alkanes) is 1. The molecule has 1 aromatic heterocycles. The van der Waals surface area contributed by atoms with Crippen molar-refractivity contribution in [3.63, 3.8) is 0 Å². The molecular formula is C21H22N4O2. The molecule has 2 atom stereocenters. The van der Waals surface area contributed by atoms with Crippen LogP contribution in [0.5, 0.6) is 5.75 Å². The van der Waals surface area contributed by atoms with Crippen LogP contribution >= 0.6 is 0 Å². The Morgan fingerprint density at radius 3 is 2.96 bits per heavy atom. The Labute approximate surface area is 158 Å².